The number of nitrogens with zero attached hydrogens (tertiary/aromatic N) is 2. The van der Waals surface area contributed by atoms with Crippen LogP contribution in [0.4, 0.5) is 13.2 Å². The summed E-state index contributed by atoms with van der Waals surface area (Å²) in [5, 5.41) is 8.65. The first kappa shape index (κ1) is 17.3. The van der Waals surface area contributed by atoms with Crippen LogP contribution in [0.3, 0.4) is 0 Å². The van der Waals surface area contributed by atoms with Gasteiger partial charge in [0.15, 0.2) is 5.82 Å². The lowest BCUT2D eigenvalue weighted by Gasteiger charge is -2.20. The van der Waals surface area contributed by atoms with Crippen molar-refractivity contribution in [3.05, 3.63) is 47.5 Å². The highest BCUT2D eigenvalue weighted by Crippen LogP contribution is 2.31. The largest absolute Gasteiger partial charge is 0.416 e. The van der Waals surface area contributed by atoms with Gasteiger partial charge in [-0.2, -0.15) is 30.0 Å². The molecule has 2 aromatic rings. The van der Waals surface area contributed by atoms with Gasteiger partial charge in [0, 0.05) is 0 Å². The second-order valence-electron chi connectivity index (χ2n) is 4.81. The summed E-state index contributed by atoms with van der Waals surface area (Å²) >= 11 is 1.34. The van der Waals surface area contributed by atoms with E-state index in [0.29, 0.717) is 0 Å². The predicted octanol–water partition coefficient (Wildman–Crippen LogP) is 2.78. The molecule has 1 heterocycles. The van der Waals surface area contributed by atoms with Crippen molar-refractivity contribution in [2.75, 3.05) is 6.26 Å². The molecule has 0 bridgehead atoms. The van der Waals surface area contributed by atoms with Crippen LogP contribution in [0.1, 0.15) is 29.9 Å². The van der Waals surface area contributed by atoms with Gasteiger partial charge < -0.3 is 5.32 Å². The molecule has 23 heavy (non-hydrogen) atoms. The summed E-state index contributed by atoms with van der Waals surface area (Å²) in [6.07, 6.45) is -1.45. The van der Waals surface area contributed by atoms with Crippen molar-refractivity contribution in [1.82, 2.24) is 20.5 Å². The zero-order valence-electron chi connectivity index (χ0n) is 12.4. The molecular formula is C14H15F3N4OS. The van der Waals surface area contributed by atoms with E-state index in [2.05, 4.69) is 20.5 Å². The summed E-state index contributed by atoms with van der Waals surface area (Å²) in [5.74, 6) is -0.0257. The highest BCUT2D eigenvalue weighted by atomic mass is 32.2. The molecule has 0 fully saturated rings. The van der Waals surface area contributed by atoms with Crippen LogP contribution < -0.4 is 5.32 Å². The number of hydrogen-bond donors (Lipinski definition) is 2. The van der Waals surface area contributed by atoms with E-state index in [-0.39, 0.29) is 22.5 Å². The van der Waals surface area contributed by atoms with Crippen LogP contribution in [0.5, 0.6) is 0 Å². The van der Waals surface area contributed by atoms with Crippen molar-refractivity contribution in [3.8, 4) is 0 Å². The van der Waals surface area contributed by atoms with Crippen molar-refractivity contribution < 1.29 is 18.0 Å². The Morgan fingerprint density at radius 2 is 2.13 bits per heavy atom. The van der Waals surface area contributed by atoms with Crippen molar-refractivity contribution in [3.63, 3.8) is 0 Å². The number of thioether (sulfide) groups is 1. The second kappa shape index (κ2) is 7.03. The summed E-state index contributed by atoms with van der Waals surface area (Å²) in [4.78, 5) is 16.1. The molecule has 2 atom stereocenters. The third-order valence-corrected chi connectivity index (χ3v) is 4.18. The minimum atomic E-state index is -4.46. The van der Waals surface area contributed by atoms with Gasteiger partial charge in [-0.15, -0.1) is 0 Å². The predicted molar refractivity (Wildman–Crippen MR) is 80.8 cm³/mol. The van der Waals surface area contributed by atoms with E-state index in [0.717, 1.165) is 12.1 Å². The van der Waals surface area contributed by atoms with Crippen LogP contribution in [0.2, 0.25) is 0 Å². The Bertz CT molecular complexity index is 660. The molecular weight excluding hydrogens is 329 g/mol. The first-order valence-corrected chi connectivity index (χ1v) is 7.97. The van der Waals surface area contributed by atoms with Gasteiger partial charge in [-0.25, -0.2) is 4.98 Å². The average Bonchev–Trinajstić information content (AvgIpc) is 3.05. The molecule has 0 radical (unpaired) electrons. The Morgan fingerprint density at radius 3 is 2.70 bits per heavy atom. The average molecular weight is 344 g/mol. The Kier molecular flexibility index (Phi) is 5.30. The molecule has 1 aromatic heterocycles. The number of carbonyl (C=O) groups excluding carboxylic acids is 1. The maximum atomic E-state index is 12.9. The van der Waals surface area contributed by atoms with Gasteiger partial charge >= 0.3 is 6.18 Å². The fourth-order valence-electron chi connectivity index (χ4n) is 1.92. The van der Waals surface area contributed by atoms with E-state index < -0.39 is 17.8 Å². The van der Waals surface area contributed by atoms with Crippen molar-refractivity contribution in [1.29, 1.82) is 0 Å². The van der Waals surface area contributed by atoms with E-state index in [9.17, 15) is 18.0 Å². The second-order valence-corrected chi connectivity index (χ2v) is 5.99. The summed E-state index contributed by atoms with van der Waals surface area (Å²) in [6, 6.07) is 3.95. The van der Waals surface area contributed by atoms with Crippen LogP contribution in [-0.2, 0) is 11.0 Å². The van der Waals surface area contributed by atoms with Gasteiger partial charge in [-0.3, -0.25) is 9.89 Å². The van der Waals surface area contributed by atoms with Gasteiger partial charge in [-0.05, 0) is 30.9 Å². The van der Waals surface area contributed by atoms with Gasteiger partial charge in [-0.1, -0.05) is 12.1 Å². The summed E-state index contributed by atoms with van der Waals surface area (Å²) in [5.41, 5.74) is -0.509. The Hall–Kier alpha value is -2.03. The molecule has 2 N–H and O–H groups in total. The minimum Gasteiger partial charge on any atom is -0.341 e. The first-order valence-electron chi connectivity index (χ1n) is 6.68. The lowest BCUT2D eigenvalue weighted by atomic mass is 10.0. The van der Waals surface area contributed by atoms with Crippen LogP contribution >= 0.6 is 11.8 Å². The molecule has 2 rings (SSSR count). The van der Waals surface area contributed by atoms with Crippen molar-refractivity contribution in [2.45, 2.75) is 24.4 Å². The normalized spacial score (nSPS) is 14.3. The number of rotatable bonds is 5. The zero-order valence-corrected chi connectivity index (χ0v) is 13.2. The monoisotopic (exact) mass is 344 g/mol. The van der Waals surface area contributed by atoms with Crippen LogP contribution in [0, 0.1) is 0 Å². The number of nitrogens with one attached hydrogen (secondary N) is 2. The number of carbonyl (C=O) groups is 1. The smallest absolute Gasteiger partial charge is 0.341 e. The fraction of sp³-hybridized carbons (Fsp3) is 0.357. The van der Waals surface area contributed by atoms with E-state index in [1.54, 1.807) is 13.2 Å². The van der Waals surface area contributed by atoms with Gasteiger partial charge in [0.1, 0.15) is 12.4 Å². The van der Waals surface area contributed by atoms with Gasteiger partial charge in [0.2, 0.25) is 5.91 Å². The molecule has 0 unspecified atom stereocenters. The molecule has 0 aliphatic rings. The van der Waals surface area contributed by atoms with E-state index in [4.69, 9.17) is 0 Å². The van der Waals surface area contributed by atoms with Crippen molar-refractivity contribution in [2.24, 2.45) is 0 Å². The Balaban J connectivity index is 2.37. The number of H-pyrrole nitrogens is 1. The highest BCUT2D eigenvalue weighted by molar-refractivity contribution is 7.99. The molecule has 1 aromatic carbocycles. The van der Waals surface area contributed by atoms with Crippen LogP contribution in [0.25, 0.3) is 0 Å². The molecule has 124 valence electrons. The molecule has 9 heteroatoms. The summed E-state index contributed by atoms with van der Waals surface area (Å²) in [6.45, 7) is 1.71. The maximum Gasteiger partial charge on any atom is 0.416 e. The van der Waals surface area contributed by atoms with Gasteiger partial charge in [0.25, 0.3) is 0 Å². The van der Waals surface area contributed by atoms with Gasteiger partial charge in [0.05, 0.1) is 10.8 Å². The number of hydrogen-bond acceptors (Lipinski definition) is 4. The number of aromatic amines is 1. The third kappa shape index (κ3) is 4.25. The molecule has 0 spiro atoms. The standard InChI is InChI=1S/C14H15F3N4OS/c1-8(23-2)13(22)20-11(12-18-7-19-21-12)9-4-3-5-10(6-9)14(15,16)17/h3-8,11H,1-2H3,(H,20,22)(H,18,19,21)/t8-,11+/m0/s1. The molecule has 5 nitrogen and oxygen atoms in total. The minimum absolute atomic E-state index is 0.269. The number of aromatic nitrogens is 3. The summed E-state index contributed by atoms with van der Waals surface area (Å²) < 4.78 is 38.7. The maximum absolute atomic E-state index is 12.9. The van der Waals surface area contributed by atoms with E-state index in [1.165, 1.54) is 30.2 Å². The number of alkyl halides is 3. The van der Waals surface area contributed by atoms with Crippen molar-refractivity contribution >= 4 is 17.7 Å². The van der Waals surface area contributed by atoms with Crippen LogP contribution in [-0.4, -0.2) is 32.6 Å². The van der Waals surface area contributed by atoms with E-state index >= 15 is 0 Å². The first-order chi connectivity index (χ1) is 10.8. The Morgan fingerprint density at radius 1 is 1.39 bits per heavy atom. The molecule has 0 saturated carbocycles. The highest BCUT2D eigenvalue weighted by Gasteiger charge is 2.32. The fourth-order valence-corrected chi connectivity index (χ4v) is 2.21. The topological polar surface area (TPSA) is 70.7 Å². The molecule has 0 aliphatic heterocycles. The van der Waals surface area contributed by atoms with E-state index in [1.807, 2.05) is 0 Å². The lowest BCUT2D eigenvalue weighted by Crippen LogP contribution is -2.35. The molecule has 0 aliphatic carbocycles. The SMILES string of the molecule is CS[C@@H](C)C(=O)N[C@H](c1cccc(C(F)(F)F)c1)c1ncn[nH]1. The summed E-state index contributed by atoms with van der Waals surface area (Å²) in [7, 11) is 0. The quantitative estimate of drug-likeness (QED) is 0.875. The zero-order chi connectivity index (χ0) is 17.0. The Labute approximate surface area is 135 Å². The molecule has 0 saturated heterocycles. The number of benzene rings is 1. The lowest BCUT2D eigenvalue weighted by molar-refractivity contribution is -0.137. The third-order valence-electron chi connectivity index (χ3n) is 3.26. The molecule has 1 amide bonds. The number of amides is 1. The number of halogens is 3. The van der Waals surface area contributed by atoms with Crippen LogP contribution in [0.15, 0.2) is 30.6 Å².